The number of anilines is 1. The Morgan fingerprint density at radius 2 is 2.07 bits per heavy atom. The second-order valence-electron chi connectivity index (χ2n) is 6.13. The van der Waals surface area contributed by atoms with E-state index in [2.05, 4.69) is 10.5 Å². The minimum atomic E-state index is -1.11. The number of carbonyl (C=O) groups excluding carboxylic acids is 3. The predicted molar refractivity (Wildman–Crippen MR) is 103 cm³/mol. The summed E-state index contributed by atoms with van der Waals surface area (Å²) in [7, 11) is 1.41. The molecule has 28 heavy (non-hydrogen) atoms. The molecule has 3 N–H and O–H groups in total. The second-order valence-corrected chi connectivity index (χ2v) is 7.46. The number of nitrogens with two attached hydrogens (primary N) is 1. The first-order chi connectivity index (χ1) is 13.2. The molecule has 1 aromatic carbocycles. The van der Waals surface area contributed by atoms with E-state index < -0.39 is 28.9 Å². The van der Waals surface area contributed by atoms with Crippen LogP contribution in [0.3, 0.4) is 0 Å². The van der Waals surface area contributed by atoms with E-state index in [9.17, 15) is 18.8 Å². The Morgan fingerprint density at radius 3 is 2.64 bits per heavy atom. The number of aryl methyl sites for hydroxylation is 1. The molecule has 3 amide bonds. The molecule has 0 saturated carbocycles. The molecule has 150 valence electrons. The minimum absolute atomic E-state index is 0.0674. The number of likely N-dealkylation sites (N-methyl/N-ethyl adjacent to an activating group) is 1. The first-order valence-electron chi connectivity index (χ1n) is 8.35. The van der Waals surface area contributed by atoms with Crippen molar-refractivity contribution in [3.8, 4) is 0 Å². The Hall–Kier alpha value is -2.88. The van der Waals surface area contributed by atoms with Gasteiger partial charge in [-0.1, -0.05) is 17.3 Å². The van der Waals surface area contributed by atoms with Crippen LogP contribution >= 0.6 is 11.8 Å². The highest BCUT2D eigenvalue weighted by molar-refractivity contribution is 8.01. The number of nitrogens with zero attached hydrogens (tertiary/aromatic N) is 2. The number of aromatic nitrogens is 1. The number of thioether (sulfide) groups is 1. The number of amides is 3. The van der Waals surface area contributed by atoms with Crippen LogP contribution in [0.2, 0.25) is 0 Å². The molecule has 10 heteroatoms. The molecule has 0 radical (unpaired) electrons. The molecule has 0 spiro atoms. The van der Waals surface area contributed by atoms with E-state index >= 15 is 0 Å². The van der Waals surface area contributed by atoms with Crippen LogP contribution < -0.4 is 11.1 Å². The van der Waals surface area contributed by atoms with Gasteiger partial charge in [-0.05, 0) is 31.5 Å². The summed E-state index contributed by atoms with van der Waals surface area (Å²) < 4.78 is 18.3. The summed E-state index contributed by atoms with van der Waals surface area (Å²) in [4.78, 5) is 37.6. The molecule has 0 aliphatic carbocycles. The first kappa shape index (κ1) is 21.4. The molecule has 0 bridgehead atoms. The number of rotatable bonds is 8. The number of carbonyl (C=O) groups is 3. The zero-order valence-electron chi connectivity index (χ0n) is 15.6. The highest BCUT2D eigenvalue weighted by Crippen LogP contribution is 2.22. The fourth-order valence-electron chi connectivity index (χ4n) is 2.43. The molecule has 0 saturated heterocycles. The maximum Gasteiger partial charge on any atom is 0.244 e. The number of primary amides is 1. The Labute approximate surface area is 165 Å². The summed E-state index contributed by atoms with van der Waals surface area (Å²) in [5.41, 5.74) is 5.69. The van der Waals surface area contributed by atoms with Crippen molar-refractivity contribution in [2.45, 2.75) is 25.1 Å². The molecule has 0 aliphatic heterocycles. The third-order valence-corrected chi connectivity index (χ3v) is 5.05. The van der Waals surface area contributed by atoms with Gasteiger partial charge in [0.1, 0.15) is 17.6 Å². The van der Waals surface area contributed by atoms with Crippen molar-refractivity contribution in [1.29, 1.82) is 0 Å². The fraction of sp³-hybridized carbons (Fsp3) is 0.333. The summed E-state index contributed by atoms with van der Waals surface area (Å²) in [5, 5.41) is 5.70. The van der Waals surface area contributed by atoms with E-state index in [-0.39, 0.29) is 17.2 Å². The van der Waals surface area contributed by atoms with Crippen LogP contribution in [0, 0.1) is 12.7 Å². The summed E-state index contributed by atoms with van der Waals surface area (Å²) in [5.74, 6) is -1.30. The van der Waals surface area contributed by atoms with Gasteiger partial charge >= 0.3 is 0 Å². The standard InChI is InChI=1S/C18H21FN4O4S/c1-10-7-14(22-27-10)21-18(26)11(2)28-9-15(24)23(3)16(17(20)25)12-5-4-6-13(19)8-12/h4-8,11,16H,9H2,1-3H3,(H2,20,25)(H,21,22,26). The van der Waals surface area contributed by atoms with Crippen molar-refractivity contribution >= 4 is 35.3 Å². The van der Waals surface area contributed by atoms with Crippen LogP contribution in [0.1, 0.15) is 24.3 Å². The van der Waals surface area contributed by atoms with Crippen LogP contribution in [0.4, 0.5) is 10.2 Å². The summed E-state index contributed by atoms with van der Waals surface area (Å²) in [6.07, 6.45) is 0. The number of hydrogen-bond donors (Lipinski definition) is 2. The predicted octanol–water partition coefficient (Wildman–Crippen LogP) is 1.87. The average Bonchev–Trinajstić information content (AvgIpc) is 3.03. The zero-order chi connectivity index (χ0) is 20.8. The van der Waals surface area contributed by atoms with Gasteiger partial charge in [-0.25, -0.2) is 4.39 Å². The quantitative estimate of drug-likeness (QED) is 0.688. The minimum Gasteiger partial charge on any atom is -0.368 e. The summed E-state index contributed by atoms with van der Waals surface area (Å²) in [6.45, 7) is 3.33. The number of halogens is 1. The molecule has 2 atom stereocenters. The lowest BCUT2D eigenvalue weighted by molar-refractivity contribution is -0.136. The van der Waals surface area contributed by atoms with Crippen LogP contribution in [-0.2, 0) is 14.4 Å². The zero-order valence-corrected chi connectivity index (χ0v) is 16.5. The maximum atomic E-state index is 13.5. The number of nitrogens with one attached hydrogen (secondary N) is 1. The van der Waals surface area contributed by atoms with Gasteiger partial charge in [-0.15, -0.1) is 11.8 Å². The Bertz CT molecular complexity index is 873. The van der Waals surface area contributed by atoms with Gasteiger partial charge in [0.15, 0.2) is 5.82 Å². The Kier molecular flexibility index (Phi) is 7.16. The molecule has 2 aromatic rings. The van der Waals surface area contributed by atoms with Crippen molar-refractivity contribution in [2.75, 3.05) is 18.1 Å². The van der Waals surface area contributed by atoms with Gasteiger partial charge in [0.2, 0.25) is 17.7 Å². The van der Waals surface area contributed by atoms with Gasteiger partial charge in [0.25, 0.3) is 0 Å². The van der Waals surface area contributed by atoms with Crippen LogP contribution in [0.5, 0.6) is 0 Å². The van der Waals surface area contributed by atoms with E-state index in [0.717, 1.165) is 22.7 Å². The lowest BCUT2D eigenvalue weighted by atomic mass is 10.0. The highest BCUT2D eigenvalue weighted by atomic mass is 32.2. The lowest BCUT2D eigenvalue weighted by Gasteiger charge is -2.26. The normalized spacial score (nSPS) is 12.9. The lowest BCUT2D eigenvalue weighted by Crippen LogP contribution is -2.40. The van der Waals surface area contributed by atoms with E-state index in [1.165, 1.54) is 25.2 Å². The molecule has 8 nitrogen and oxygen atoms in total. The van der Waals surface area contributed by atoms with Crippen LogP contribution in [0.25, 0.3) is 0 Å². The van der Waals surface area contributed by atoms with Crippen molar-refractivity contribution in [3.63, 3.8) is 0 Å². The molecule has 1 heterocycles. The van der Waals surface area contributed by atoms with E-state index in [1.807, 2.05) is 0 Å². The van der Waals surface area contributed by atoms with Crippen molar-refractivity contribution in [2.24, 2.45) is 5.73 Å². The van der Waals surface area contributed by atoms with E-state index in [0.29, 0.717) is 11.6 Å². The monoisotopic (exact) mass is 408 g/mol. The van der Waals surface area contributed by atoms with Crippen molar-refractivity contribution < 1.29 is 23.3 Å². The van der Waals surface area contributed by atoms with Crippen LogP contribution in [-0.4, -0.2) is 45.8 Å². The molecule has 2 unspecified atom stereocenters. The maximum absolute atomic E-state index is 13.5. The molecular formula is C18H21FN4O4S. The molecule has 0 fully saturated rings. The highest BCUT2D eigenvalue weighted by Gasteiger charge is 2.28. The SMILES string of the molecule is Cc1cc(NC(=O)C(C)SCC(=O)N(C)C(C(N)=O)c2cccc(F)c2)no1. The molecule has 2 rings (SSSR count). The number of benzene rings is 1. The molecule has 0 aliphatic rings. The largest absolute Gasteiger partial charge is 0.368 e. The first-order valence-corrected chi connectivity index (χ1v) is 9.40. The molecular weight excluding hydrogens is 387 g/mol. The summed E-state index contributed by atoms with van der Waals surface area (Å²) >= 11 is 1.09. The Morgan fingerprint density at radius 1 is 1.36 bits per heavy atom. The van der Waals surface area contributed by atoms with E-state index in [1.54, 1.807) is 19.9 Å². The van der Waals surface area contributed by atoms with Gasteiger partial charge in [-0.2, -0.15) is 0 Å². The second kappa shape index (κ2) is 9.36. The number of hydrogen-bond acceptors (Lipinski definition) is 6. The topological polar surface area (TPSA) is 119 Å². The van der Waals surface area contributed by atoms with Gasteiger partial charge in [0, 0.05) is 13.1 Å². The smallest absolute Gasteiger partial charge is 0.244 e. The van der Waals surface area contributed by atoms with E-state index in [4.69, 9.17) is 10.3 Å². The van der Waals surface area contributed by atoms with Crippen molar-refractivity contribution in [1.82, 2.24) is 10.1 Å². The van der Waals surface area contributed by atoms with Gasteiger partial charge in [0.05, 0.1) is 11.0 Å². The van der Waals surface area contributed by atoms with Crippen LogP contribution in [0.15, 0.2) is 34.9 Å². The summed E-state index contributed by atoms with van der Waals surface area (Å²) in [6, 6.07) is 5.81. The van der Waals surface area contributed by atoms with Crippen molar-refractivity contribution in [3.05, 3.63) is 47.5 Å². The third kappa shape index (κ3) is 5.56. The average molecular weight is 408 g/mol. The van der Waals surface area contributed by atoms with Gasteiger partial charge < -0.3 is 20.5 Å². The Balaban J connectivity index is 1.96. The fourth-order valence-corrected chi connectivity index (χ4v) is 3.23. The molecule has 1 aromatic heterocycles. The van der Waals surface area contributed by atoms with Gasteiger partial charge in [-0.3, -0.25) is 14.4 Å². The third-order valence-electron chi connectivity index (χ3n) is 3.92.